The predicted octanol–water partition coefficient (Wildman–Crippen LogP) is 2.16. The summed E-state index contributed by atoms with van der Waals surface area (Å²) < 4.78 is 24.7. The lowest BCUT2D eigenvalue weighted by molar-refractivity contribution is 0.0947. The largest absolute Gasteiger partial charge is 0.352 e. The van der Waals surface area contributed by atoms with Crippen LogP contribution in [-0.2, 0) is 10.0 Å². The van der Waals surface area contributed by atoms with Crippen LogP contribution < -0.4 is 10.0 Å². The number of benzene rings is 1. The van der Waals surface area contributed by atoms with Crippen molar-refractivity contribution in [2.45, 2.75) is 26.7 Å². The maximum Gasteiger partial charge on any atom is 0.251 e. The van der Waals surface area contributed by atoms with E-state index in [1.807, 2.05) is 0 Å². The fourth-order valence-electron chi connectivity index (χ4n) is 3.48. The van der Waals surface area contributed by atoms with Gasteiger partial charge in [0.05, 0.1) is 6.26 Å². The zero-order valence-corrected chi connectivity index (χ0v) is 16.1. The minimum atomic E-state index is -3.30. The van der Waals surface area contributed by atoms with Crippen LogP contribution in [-0.4, -0.2) is 51.7 Å². The summed E-state index contributed by atoms with van der Waals surface area (Å²) in [4.78, 5) is 14.6. The molecule has 140 valence electrons. The van der Waals surface area contributed by atoms with E-state index in [-0.39, 0.29) is 5.91 Å². The molecule has 0 aliphatic carbocycles. The second kappa shape index (κ2) is 8.67. The van der Waals surface area contributed by atoms with E-state index >= 15 is 0 Å². The first-order valence-corrected chi connectivity index (χ1v) is 10.7. The summed E-state index contributed by atoms with van der Waals surface area (Å²) in [6.07, 6.45) is 3.33. The number of hydrogen-bond acceptors (Lipinski definition) is 4. The first-order chi connectivity index (χ1) is 11.7. The molecule has 1 aliphatic heterocycles. The molecule has 1 heterocycles. The summed E-state index contributed by atoms with van der Waals surface area (Å²) in [5.74, 6) is 1.36. The maximum atomic E-state index is 12.1. The number of anilines is 1. The monoisotopic (exact) mass is 367 g/mol. The van der Waals surface area contributed by atoms with Gasteiger partial charge in [0.15, 0.2) is 0 Å². The molecular weight excluding hydrogens is 338 g/mol. The van der Waals surface area contributed by atoms with Gasteiger partial charge in [-0.3, -0.25) is 9.52 Å². The van der Waals surface area contributed by atoms with Crippen LogP contribution in [0.4, 0.5) is 5.69 Å². The molecule has 2 rings (SSSR count). The molecular formula is C18H29N3O3S. The third kappa shape index (κ3) is 7.04. The van der Waals surface area contributed by atoms with Crippen molar-refractivity contribution in [2.24, 2.45) is 11.8 Å². The Morgan fingerprint density at radius 3 is 2.32 bits per heavy atom. The molecule has 0 bridgehead atoms. The van der Waals surface area contributed by atoms with E-state index in [9.17, 15) is 13.2 Å². The van der Waals surface area contributed by atoms with Crippen molar-refractivity contribution in [2.75, 3.05) is 37.2 Å². The molecule has 1 aromatic rings. The van der Waals surface area contributed by atoms with Gasteiger partial charge in [0.1, 0.15) is 0 Å². The van der Waals surface area contributed by atoms with Crippen LogP contribution in [0.2, 0.25) is 0 Å². The van der Waals surface area contributed by atoms with Crippen LogP contribution in [0.25, 0.3) is 0 Å². The summed E-state index contributed by atoms with van der Waals surface area (Å²) >= 11 is 0. The highest BCUT2D eigenvalue weighted by molar-refractivity contribution is 7.92. The van der Waals surface area contributed by atoms with Gasteiger partial charge >= 0.3 is 0 Å². The van der Waals surface area contributed by atoms with Crippen LogP contribution in [0.5, 0.6) is 0 Å². The Morgan fingerprint density at radius 1 is 1.16 bits per heavy atom. The average Bonchev–Trinajstić information content (AvgIpc) is 2.49. The lowest BCUT2D eigenvalue weighted by Gasteiger charge is -2.34. The maximum absolute atomic E-state index is 12.1. The van der Waals surface area contributed by atoms with E-state index in [1.165, 1.54) is 6.42 Å². The second-order valence-electron chi connectivity index (χ2n) is 7.27. The molecule has 1 saturated heterocycles. The minimum Gasteiger partial charge on any atom is -0.352 e. The number of nitrogens with zero attached hydrogens (tertiary/aromatic N) is 1. The molecule has 25 heavy (non-hydrogen) atoms. The molecule has 0 radical (unpaired) electrons. The summed E-state index contributed by atoms with van der Waals surface area (Å²) in [5.41, 5.74) is 0.978. The van der Waals surface area contributed by atoms with E-state index in [2.05, 4.69) is 28.8 Å². The molecule has 1 amide bonds. The molecule has 7 heteroatoms. The van der Waals surface area contributed by atoms with E-state index < -0.39 is 10.0 Å². The standard InChI is InChI=1S/C18H29N3O3S/c1-14-11-15(2)13-21(12-14)10-4-9-19-18(22)16-5-7-17(8-6-16)20-25(3,23)24/h5-8,14-15,20H,4,9-13H2,1-3H3,(H,19,22). The Kier molecular flexibility index (Phi) is 6.84. The second-order valence-corrected chi connectivity index (χ2v) is 9.02. The van der Waals surface area contributed by atoms with Crippen molar-refractivity contribution in [3.05, 3.63) is 29.8 Å². The van der Waals surface area contributed by atoms with E-state index in [0.29, 0.717) is 17.8 Å². The number of likely N-dealkylation sites (tertiary alicyclic amines) is 1. The summed E-state index contributed by atoms with van der Waals surface area (Å²) in [5, 5.41) is 2.92. The van der Waals surface area contributed by atoms with Crippen LogP contribution in [0, 0.1) is 11.8 Å². The Labute approximate surface area is 151 Å². The van der Waals surface area contributed by atoms with E-state index in [0.717, 1.165) is 44.1 Å². The van der Waals surface area contributed by atoms with Gasteiger partial charge in [-0.05, 0) is 55.5 Å². The fraction of sp³-hybridized carbons (Fsp3) is 0.611. The van der Waals surface area contributed by atoms with Crippen LogP contribution in [0.15, 0.2) is 24.3 Å². The van der Waals surface area contributed by atoms with Crippen molar-refractivity contribution < 1.29 is 13.2 Å². The van der Waals surface area contributed by atoms with Crippen LogP contribution >= 0.6 is 0 Å². The van der Waals surface area contributed by atoms with Gasteiger partial charge in [-0.1, -0.05) is 13.8 Å². The van der Waals surface area contributed by atoms with Gasteiger partial charge in [0.25, 0.3) is 5.91 Å². The number of hydrogen-bond donors (Lipinski definition) is 2. The first kappa shape index (κ1) is 19.7. The topological polar surface area (TPSA) is 78.5 Å². The normalized spacial score (nSPS) is 21.7. The van der Waals surface area contributed by atoms with Gasteiger partial charge < -0.3 is 10.2 Å². The lowest BCUT2D eigenvalue weighted by Crippen LogP contribution is -2.40. The summed E-state index contributed by atoms with van der Waals surface area (Å²) in [6.45, 7) is 8.53. The fourth-order valence-corrected chi connectivity index (χ4v) is 4.05. The first-order valence-electron chi connectivity index (χ1n) is 8.81. The van der Waals surface area contributed by atoms with Crippen molar-refractivity contribution >= 4 is 21.6 Å². The molecule has 0 spiro atoms. The average molecular weight is 368 g/mol. The van der Waals surface area contributed by atoms with E-state index in [1.54, 1.807) is 24.3 Å². The molecule has 2 atom stereocenters. The smallest absolute Gasteiger partial charge is 0.251 e. The molecule has 0 aromatic heterocycles. The molecule has 6 nitrogen and oxygen atoms in total. The number of rotatable bonds is 7. The van der Waals surface area contributed by atoms with Crippen molar-refractivity contribution in [3.8, 4) is 0 Å². The molecule has 2 N–H and O–H groups in total. The third-order valence-corrected chi connectivity index (χ3v) is 4.94. The highest BCUT2D eigenvalue weighted by Gasteiger charge is 2.21. The van der Waals surface area contributed by atoms with Crippen molar-refractivity contribution in [1.29, 1.82) is 0 Å². The van der Waals surface area contributed by atoms with Crippen molar-refractivity contribution in [3.63, 3.8) is 0 Å². The van der Waals surface area contributed by atoms with Crippen LogP contribution in [0.3, 0.4) is 0 Å². The predicted molar refractivity (Wildman–Crippen MR) is 101 cm³/mol. The Bertz CT molecular complexity index is 663. The molecule has 1 aliphatic rings. The van der Waals surface area contributed by atoms with Gasteiger partial charge in [-0.2, -0.15) is 0 Å². The van der Waals surface area contributed by atoms with Crippen molar-refractivity contribution in [1.82, 2.24) is 10.2 Å². The molecule has 0 saturated carbocycles. The summed E-state index contributed by atoms with van der Waals surface area (Å²) in [6, 6.07) is 6.42. The van der Waals surface area contributed by atoms with Crippen LogP contribution in [0.1, 0.15) is 37.0 Å². The number of piperidine rings is 1. The number of carbonyl (C=O) groups excluding carboxylic acids is 1. The number of amides is 1. The van der Waals surface area contributed by atoms with Gasteiger partial charge in [0, 0.05) is 30.9 Å². The molecule has 1 fully saturated rings. The number of carbonyl (C=O) groups is 1. The van der Waals surface area contributed by atoms with Gasteiger partial charge in [0.2, 0.25) is 10.0 Å². The highest BCUT2D eigenvalue weighted by atomic mass is 32.2. The van der Waals surface area contributed by atoms with Gasteiger partial charge in [-0.25, -0.2) is 8.42 Å². The number of nitrogens with one attached hydrogen (secondary N) is 2. The Morgan fingerprint density at radius 2 is 1.76 bits per heavy atom. The molecule has 1 aromatic carbocycles. The molecule has 2 unspecified atom stereocenters. The Hall–Kier alpha value is -1.60. The quantitative estimate of drug-likeness (QED) is 0.724. The zero-order valence-electron chi connectivity index (χ0n) is 15.3. The zero-order chi connectivity index (χ0) is 18.4. The SMILES string of the molecule is CC1CC(C)CN(CCCNC(=O)c2ccc(NS(C)(=O)=O)cc2)C1. The highest BCUT2D eigenvalue weighted by Crippen LogP contribution is 2.20. The summed E-state index contributed by atoms with van der Waals surface area (Å²) in [7, 11) is -3.30. The third-order valence-electron chi connectivity index (χ3n) is 4.33. The Balaban J connectivity index is 1.73. The minimum absolute atomic E-state index is 0.133. The lowest BCUT2D eigenvalue weighted by atomic mass is 9.92. The van der Waals surface area contributed by atoms with E-state index in [4.69, 9.17) is 0 Å². The van der Waals surface area contributed by atoms with Gasteiger partial charge in [-0.15, -0.1) is 0 Å². The number of sulfonamides is 1.